The van der Waals surface area contributed by atoms with E-state index in [1.54, 1.807) is 4.57 Å². The zero-order valence-corrected chi connectivity index (χ0v) is 14.9. The van der Waals surface area contributed by atoms with Crippen LogP contribution in [0.1, 0.15) is 35.7 Å². The minimum atomic E-state index is -1.33. The first kappa shape index (κ1) is 17.8. The number of carboxylic acids is 1. The van der Waals surface area contributed by atoms with E-state index in [0.29, 0.717) is 18.6 Å². The van der Waals surface area contributed by atoms with Gasteiger partial charge in [-0.2, -0.15) is 0 Å². The summed E-state index contributed by atoms with van der Waals surface area (Å²) in [6, 6.07) is 1.19. The number of halogens is 1. The predicted molar refractivity (Wildman–Crippen MR) is 97.4 cm³/mol. The fraction of sp³-hybridized carbons (Fsp3) is 0.474. The van der Waals surface area contributed by atoms with Gasteiger partial charge >= 0.3 is 5.97 Å². The summed E-state index contributed by atoms with van der Waals surface area (Å²) in [7, 11) is 1.42. The minimum absolute atomic E-state index is 0.0119. The molecule has 0 spiro atoms. The first-order chi connectivity index (χ1) is 13.0. The molecule has 8 heteroatoms. The lowest BCUT2D eigenvalue weighted by Gasteiger charge is -2.24. The van der Waals surface area contributed by atoms with Crippen LogP contribution in [0.2, 0.25) is 0 Å². The van der Waals surface area contributed by atoms with Crippen molar-refractivity contribution in [1.29, 1.82) is 0 Å². The second-order valence-electron chi connectivity index (χ2n) is 7.24. The van der Waals surface area contributed by atoms with Gasteiger partial charge < -0.3 is 24.4 Å². The molecular weight excluding hydrogens is 355 g/mol. The molecule has 144 valence electrons. The number of benzene rings is 1. The van der Waals surface area contributed by atoms with E-state index in [2.05, 4.69) is 0 Å². The third kappa shape index (κ3) is 2.84. The normalized spacial score (nSPS) is 19.7. The maximum absolute atomic E-state index is 15.0. The van der Waals surface area contributed by atoms with Crippen LogP contribution in [-0.2, 0) is 0 Å². The van der Waals surface area contributed by atoms with Crippen LogP contribution in [0.5, 0.6) is 5.75 Å². The summed E-state index contributed by atoms with van der Waals surface area (Å²) in [5.74, 6) is -1.65. The number of aromatic nitrogens is 1. The molecule has 1 aliphatic heterocycles. The van der Waals surface area contributed by atoms with Gasteiger partial charge in [0.05, 0.1) is 18.0 Å². The van der Waals surface area contributed by atoms with Crippen molar-refractivity contribution in [3.8, 4) is 5.75 Å². The zero-order valence-electron chi connectivity index (χ0n) is 14.9. The number of aliphatic hydroxyl groups excluding tert-OH is 1. The Balaban J connectivity index is 2.01. The van der Waals surface area contributed by atoms with E-state index in [4.69, 9.17) is 4.74 Å². The van der Waals surface area contributed by atoms with Gasteiger partial charge in [0, 0.05) is 37.9 Å². The largest absolute Gasteiger partial charge is 0.492 e. The van der Waals surface area contributed by atoms with Crippen molar-refractivity contribution >= 4 is 22.6 Å². The van der Waals surface area contributed by atoms with Crippen LogP contribution in [0.3, 0.4) is 0 Å². The first-order valence-electron chi connectivity index (χ1n) is 9.00. The highest BCUT2D eigenvalue weighted by Gasteiger charge is 2.33. The summed E-state index contributed by atoms with van der Waals surface area (Å²) in [4.78, 5) is 25.9. The number of anilines is 1. The third-order valence-corrected chi connectivity index (χ3v) is 5.43. The molecule has 27 heavy (non-hydrogen) atoms. The fourth-order valence-corrected chi connectivity index (χ4v) is 3.91. The SMILES string of the molecule is COc1c(N2CCC(CO)C2)c(F)cc2c(=O)c(C(=O)O)cn(C3CC3)c12. The predicted octanol–water partition coefficient (Wildman–Crippen LogP) is 2.00. The molecular formula is C19H21FN2O5. The zero-order chi connectivity index (χ0) is 19.3. The fourth-order valence-electron chi connectivity index (χ4n) is 3.91. The number of hydrogen-bond acceptors (Lipinski definition) is 5. The monoisotopic (exact) mass is 376 g/mol. The summed E-state index contributed by atoms with van der Waals surface area (Å²) < 4.78 is 22.3. The van der Waals surface area contributed by atoms with Gasteiger partial charge in [-0.05, 0) is 25.3 Å². The standard InChI is InChI=1S/C19H21FN2O5/c1-27-18-15-12(6-14(20)16(18)21-5-4-10(7-21)9-23)17(24)13(19(25)26)8-22(15)11-2-3-11/h6,8,10-11,23H,2-5,7,9H2,1H3,(H,25,26). The van der Waals surface area contributed by atoms with E-state index in [0.717, 1.165) is 25.3 Å². The maximum atomic E-state index is 15.0. The number of hydrogen-bond donors (Lipinski definition) is 2. The quantitative estimate of drug-likeness (QED) is 0.829. The van der Waals surface area contributed by atoms with Crippen molar-refractivity contribution in [2.24, 2.45) is 5.92 Å². The summed E-state index contributed by atoms with van der Waals surface area (Å²) in [6.07, 6.45) is 3.81. The molecule has 2 N–H and O–H groups in total. The number of carboxylic acid groups (broad SMARTS) is 1. The number of pyridine rings is 1. The molecule has 0 radical (unpaired) electrons. The second-order valence-corrected chi connectivity index (χ2v) is 7.24. The smallest absolute Gasteiger partial charge is 0.341 e. The van der Waals surface area contributed by atoms with Gasteiger partial charge in [0.2, 0.25) is 5.43 Å². The Morgan fingerprint density at radius 2 is 2.11 bits per heavy atom. The second kappa shape index (κ2) is 6.53. The Bertz CT molecular complexity index is 982. The Hall–Kier alpha value is -2.61. The van der Waals surface area contributed by atoms with Crippen LogP contribution in [-0.4, -0.2) is 47.6 Å². The summed E-state index contributed by atoms with van der Waals surface area (Å²) >= 11 is 0. The van der Waals surface area contributed by atoms with Gasteiger partial charge in [-0.1, -0.05) is 0 Å². The van der Waals surface area contributed by atoms with Crippen LogP contribution < -0.4 is 15.1 Å². The van der Waals surface area contributed by atoms with Gasteiger partial charge in [-0.15, -0.1) is 0 Å². The van der Waals surface area contributed by atoms with E-state index in [1.807, 2.05) is 4.90 Å². The lowest BCUT2D eigenvalue weighted by atomic mass is 10.1. The molecule has 1 aliphatic carbocycles. The van der Waals surface area contributed by atoms with Crippen molar-refractivity contribution in [1.82, 2.24) is 4.57 Å². The topological polar surface area (TPSA) is 92.0 Å². The Kier molecular flexibility index (Phi) is 4.30. The van der Waals surface area contributed by atoms with E-state index in [1.165, 1.54) is 13.3 Å². The molecule has 0 bridgehead atoms. The summed E-state index contributed by atoms with van der Waals surface area (Å²) in [6.45, 7) is 1.10. The lowest BCUT2D eigenvalue weighted by molar-refractivity contribution is 0.0695. The molecule has 0 amide bonds. The number of aliphatic hydroxyl groups is 1. The number of fused-ring (bicyclic) bond motifs is 1. The number of rotatable bonds is 5. The van der Waals surface area contributed by atoms with E-state index < -0.39 is 17.2 Å². The van der Waals surface area contributed by atoms with Crippen molar-refractivity contribution in [3.05, 3.63) is 33.9 Å². The molecule has 2 heterocycles. The molecule has 7 nitrogen and oxygen atoms in total. The lowest BCUT2D eigenvalue weighted by Crippen LogP contribution is -2.24. The van der Waals surface area contributed by atoms with Crippen LogP contribution in [0.15, 0.2) is 17.1 Å². The molecule has 1 unspecified atom stereocenters. The average Bonchev–Trinajstić information content (AvgIpc) is 3.38. The van der Waals surface area contributed by atoms with Gasteiger partial charge in [0.15, 0.2) is 11.6 Å². The van der Waals surface area contributed by atoms with E-state index in [-0.39, 0.29) is 41.0 Å². The first-order valence-corrected chi connectivity index (χ1v) is 9.00. The highest BCUT2D eigenvalue weighted by molar-refractivity contribution is 5.97. The third-order valence-electron chi connectivity index (χ3n) is 5.43. The number of carbonyl (C=O) groups is 1. The Morgan fingerprint density at radius 3 is 2.67 bits per heavy atom. The van der Waals surface area contributed by atoms with Crippen LogP contribution in [0.25, 0.3) is 10.9 Å². The van der Waals surface area contributed by atoms with Crippen molar-refractivity contribution in [2.45, 2.75) is 25.3 Å². The van der Waals surface area contributed by atoms with Gasteiger partial charge in [0.25, 0.3) is 0 Å². The number of methoxy groups -OCH3 is 1. The van der Waals surface area contributed by atoms with Crippen molar-refractivity contribution < 1.29 is 24.1 Å². The van der Waals surface area contributed by atoms with Crippen molar-refractivity contribution in [3.63, 3.8) is 0 Å². The maximum Gasteiger partial charge on any atom is 0.341 e. The number of aromatic carboxylic acids is 1. The van der Waals surface area contributed by atoms with Gasteiger partial charge in [-0.25, -0.2) is 9.18 Å². The molecule has 1 saturated heterocycles. The van der Waals surface area contributed by atoms with Gasteiger partial charge in [0.1, 0.15) is 11.3 Å². The van der Waals surface area contributed by atoms with Crippen LogP contribution in [0.4, 0.5) is 10.1 Å². The number of nitrogens with zero attached hydrogens (tertiary/aromatic N) is 2. The Morgan fingerprint density at radius 1 is 1.37 bits per heavy atom. The van der Waals surface area contributed by atoms with E-state index in [9.17, 15) is 19.8 Å². The van der Waals surface area contributed by atoms with E-state index >= 15 is 4.39 Å². The highest BCUT2D eigenvalue weighted by Crippen LogP contribution is 2.44. The summed E-state index contributed by atoms with van der Waals surface area (Å²) in [5, 5.41) is 18.8. The molecule has 1 aromatic heterocycles. The average molecular weight is 376 g/mol. The molecule has 4 rings (SSSR count). The molecule has 1 aromatic carbocycles. The molecule has 1 saturated carbocycles. The number of ether oxygens (including phenoxy) is 1. The summed E-state index contributed by atoms with van der Waals surface area (Å²) in [5.41, 5.74) is -0.394. The minimum Gasteiger partial charge on any atom is -0.492 e. The Labute approximate surface area is 154 Å². The van der Waals surface area contributed by atoms with Crippen molar-refractivity contribution in [2.75, 3.05) is 31.7 Å². The molecule has 2 aromatic rings. The molecule has 1 atom stereocenters. The van der Waals surface area contributed by atoms with Gasteiger partial charge in [-0.3, -0.25) is 4.79 Å². The van der Waals surface area contributed by atoms with Crippen LogP contribution >= 0.6 is 0 Å². The highest BCUT2D eigenvalue weighted by atomic mass is 19.1. The molecule has 2 aliphatic rings. The van der Waals surface area contributed by atoms with Crippen LogP contribution in [0, 0.1) is 11.7 Å². The molecule has 2 fully saturated rings.